The Hall–Kier alpha value is -0.490. The smallest absolute Gasteiger partial charge is 0.0590 e. The number of halogens is 1. The zero-order valence-electron chi connectivity index (χ0n) is 8.55. The monoisotopic (exact) mass is 196 g/mol. The minimum Gasteiger partial charge on any atom is -0.118 e. The van der Waals surface area contributed by atoms with Crippen molar-refractivity contribution in [3.8, 4) is 0 Å². The average Bonchev–Trinajstić information content (AvgIpc) is 2.03. The van der Waals surface area contributed by atoms with Gasteiger partial charge in [0.25, 0.3) is 0 Å². The molecule has 0 fully saturated rings. The molecule has 0 aromatic heterocycles. The van der Waals surface area contributed by atoms with Crippen LogP contribution in [-0.4, -0.2) is 0 Å². The molecule has 0 heterocycles. The van der Waals surface area contributed by atoms with E-state index < -0.39 is 0 Å². The van der Waals surface area contributed by atoms with Crippen molar-refractivity contribution < 1.29 is 0 Å². The van der Waals surface area contributed by atoms with E-state index in [0.717, 1.165) is 6.42 Å². The summed E-state index contributed by atoms with van der Waals surface area (Å²) in [6.07, 6.45) is 1.01. The van der Waals surface area contributed by atoms with E-state index in [-0.39, 0.29) is 5.38 Å². The third kappa shape index (κ3) is 3.82. The van der Waals surface area contributed by atoms with E-state index in [1.54, 1.807) is 0 Å². The lowest BCUT2D eigenvalue weighted by molar-refractivity contribution is 0.372. The molecule has 72 valence electrons. The van der Waals surface area contributed by atoms with Gasteiger partial charge in [-0.05, 0) is 17.4 Å². The van der Waals surface area contributed by atoms with Gasteiger partial charge in [-0.15, -0.1) is 11.6 Å². The van der Waals surface area contributed by atoms with Crippen molar-refractivity contribution in [2.75, 3.05) is 0 Å². The summed E-state index contributed by atoms with van der Waals surface area (Å²) in [6.45, 7) is 6.64. The Labute approximate surface area is 85.9 Å². The molecule has 0 amide bonds. The molecule has 0 bridgehead atoms. The first-order chi connectivity index (χ1) is 5.99. The van der Waals surface area contributed by atoms with Gasteiger partial charge >= 0.3 is 0 Å². The Morgan fingerprint density at radius 2 is 1.69 bits per heavy atom. The average molecular weight is 197 g/mol. The molecule has 0 saturated heterocycles. The third-order valence-electron chi connectivity index (χ3n) is 1.95. The summed E-state index contributed by atoms with van der Waals surface area (Å²) in [5.74, 6) is 0. The number of alkyl halides is 1. The molecule has 0 nitrogen and oxygen atoms in total. The molecule has 1 heteroatoms. The molecule has 0 spiro atoms. The molecule has 0 aliphatic heterocycles. The van der Waals surface area contributed by atoms with Crippen LogP contribution in [0, 0.1) is 5.41 Å². The SMILES string of the molecule is CC(C)(C)C[C@@H](Cl)c1ccccc1. The van der Waals surface area contributed by atoms with E-state index in [9.17, 15) is 0 Å². The van der Waals surface area contributed by atoms with Crippen LogP contribution in [0.4, 0.5) is 0 Å². The third-order valence-corrected chi connectivity index (χ3v) is 2.36. The number of benzene rings is 1. The summed E-state index contributed by atoms with van der Waals surface area (Å²) in [5, 5.41) is 0.140. The summed E-state index contributed by atoms with van der Waals surface area (Å²) < 4.78 is 0. The zero-order chi connectivity index (χ0) is 9.90. The standard InChI is InChI=1S/C12H17Cl/c1-12(2,3)9-11(13)10-7-5-4-6-8-10/h4-8,11H,9H2,1-3H3/t11-/m1/s1. The highest BCUT2D eigenvalue weighted by Crippen LogP contribution is 2.33. The van der Waals surface area contributed by atoms with Crippen molar-refractivity contribution in [1.29, 1.82) is 0 Å². The molecule has 0 aliphatic carbocycles. The van der Waals surface area contributed by atoms with Crippen molar-refractivity contribution in [2.24, 2.45) is 5.41 Å². The lowest BCUT2D eigenvalue weighted by atomic mass is 9.88. The van der Waals surface area contributed by atoms with Gasteiger partial charge in [0.05, 0.1) is 5.38 Å². The van der Waals surface area contributed by atoms with Crippen LogP contribution in [0.15, 0.2) is 30.3 Å². The van der Waals surface area contributed by atoms with Crippen LogP contribution in [0.25, 0.3) is 0 Å². The molecular weight excluding hydrogens is 180 g/mol. The van der Waals surface area contributed by atoms with Crippen LogP contribution >= 0.6 is 11.6 Å². The van der Waals surface area contributed by atoms with Crippen LogP contribution in [0.3, 0.4) is 0 Å². The van der Waals surface area contributed by atoms with E-state index in [2.05, 4.69) is 32.9 Å². The predicted molar refractivity (Wildman–Crippen MR) is 59.1 cm³/mol. The lowest BCUT2D eigenvalue weighted by Crippen LogP contribution is -2.08. The molecule has 0 aliphatic rings. The largest absolute Gasteiger partial charge is 0.118 e. The zero-order valence-corrected chi connectivity index (χ0v) is 9.31. The van der Waals surface area contributed by atoms with Crippen LogP contribution in [0.5, 0.6) is 0 Å². The van der Waals surface area contributed by atoms with Crippen LogP contribution in [0.2, 0.25) is 0 Å². The molecule has 1 aromatic rings. The Balaban J connectivity index is 2.64. The van der Waals surface area contributed by atoms with Crippen LogP contribution < -0.4 is 0 Å². The highest BCUT2D eigenvalue weighted by atomic mass is 35.5. The second-order valence-corrected chi connectivity index (χ2v) is 5.17. The summed E-state index contributed by atoms with van der Waals surface area (Å²) >= 11 is 6.29. The number of hydrogen-bond donors (Lipinski definition) is 0. The summed E-state index contributed by atoms with van der Waals surface area (Å²) in [6, 6.07) is 10.3. The molecule has 1 atom stereocenters. The molecule has 0 saturated carbocycles. The van der Waals surface area contributed by atoms with Gasteiger partial charge in [0.2, 0.25) is 0 Å². The molecule has 0 unspecified atom stereocenters. The van der Waals surface area contributed by atoms with Gasteiger partial charge < -0.3 is 0 Å². The first-order valence-electron chi connectivity index (χ1n) is 4.68. The molecule has 1 rings (SSSR count). The van der Waals surface area contributed by atoms with Gasteiger partial charge in [-0.25, -0.2) is 0 Å². The Morgan fingerprint density at radius 3 is 2.15 bits per heavy atom. The molecular formula is C12H17Cl. The minimum absolute atomic E-state index is 0.140. The molecule has 0 radical (unpaired) electrons. The fourth-order valence-corrected chi connectivity index (χ4v) is 1.93. The van der Waals surface area contributed by atoms with Crippen molar-refractivity contribution in [1.82, 2.24) is 0 Å². The quantitative estimate of drug-likeness (QED) is 0.615. The second kappa shape index (κ2) is 4.15. The minimum atomic E-state index is 0.140. The van der Waals surface area contributed by atoms with Crippen LogP contribution in [-0.2, 0) is 0 Å². The van der Waals surface area contributed by atoms with Crippen molar-refractivity contribution in [3.63, 3.8) is 0 Å². The highest BCUT2D eigenvalue weighted by molar-refractivity contribution is 6.20. The lowest BCUT2D eigenvalue weighted by Gasteiger charge is -2.21. The first-order valence-corrected chi connectivity index (χ1v) is 5.12. The Bertz CT molecular complexity index is 246. The number of hydrogen-bond acceptors (Lipinski definition) is 0. The van der Waals surface area contributed by atoms with Crippen molar-refractivity contribution >= 4 is 11.6 Å². The molecule has 1 aromatic carbocycles. The molecule has 13 heavy (non-hydrogen) atoms. The second-order valence-electron chi connectivity index (χ2n) is 4.64. The van der Waals surface area contributed by atoms with E-state index in [1.807, 2.05) is 18.2 Å². The highest BCUT2D eigenvalue weighted by Gasteiger charge is 2.17. The summed E-state index contributed by atoms with van der Waals surface area (Å²) in [4.78, 5) is 0. The maximum atomic E-state index is 6.29. The molecule has 0 N–H and O–H groups in total. The van der Waals surface area contributed by atoms with Crippen molar-refractivity contribution in [2.45, 2.75) is 32.6 Å². The van der Waals surface area contributed by atoms with Gasteiger partial charge in [0, 0.05) is 0 Å². The summed E-state index contributed by atoms with van der Waals surface area (Å²) in [5.41, 5.74) is 1.52. The van der Waals surface area contributed by atoms with E-state index in [4.69, 9.17) is 11.6 Å². The fourth-order valence-electron chi connectivity index (χ4n) is 1.32. The van der Waals surface area contributed by atoms with Gasteiger partial charge in [-0.2, -0.15) is 0 Å². The normalized spacial score (nSPS) is 14.2. The summed E-state index contributed by atoms with van der Waals surface area (Å²) in [7, 11) is 0. The topological polar surface area (TPSA) is 0 Å². The van der Waals surface area contributed by atoms with E-state index in [1.165, 1.54) is 5.56 Å². The maximum absolute atomic E-state index is 6.29. The van der Waals surface area contributed by atoms with E-state index in [0.29, 0.717) is 5.41 Å². The first kappa shape index (κ1) is 10.6. The van der Waals surface area contributed by atoms with Gasteiger partial charge in [-0.3, -0.25) is 0 Å². The Kier molecular flexibility index (Phi) is 3.38. The van der Waals surface area contributed by atoms with Gasteiger partial charge in [-0.1, -0.05) is 51.1 Å². The Morgan fingerprint density at radius 1 is 1.15 bits per heavy atom. The van der Waals surface area contributed by atoms with Gasteiger partial charge in [0.15, 0.2) is 0 Å². The van der Waals surface area contributed by atoms with E-state index >= 15 is 0 Å². The van der Waals surface area contributed by atoms with Crippen molar-refractivity contribution in [3.05, 3.63) is 35.9 Å². The number of rotatable bonds is 2. The van der Waals surface area contributed by atoms with Crippen LogP contribution in [0.1, 0.15) is 38.1 Å². The fraction of sp³-hybridized carbons (Fsp3) is 0.500. The maximum Gasteiger partial charge on any atom is 0.0590 e. The van der Waals surface area contributed by atoms with Gasteiger partial charge in [0.1, 0.15) is 0 Å². The predicted octanol–water partition coefficient (Wildman–Crippen LogP) is 4.40.